The van der Waals surface area contributed by atoms with Crippen molar-refractivity contribution in [1.29, 1.82) is 0 Å². The van der Waals surface area contributed by atoms with E-state index in [1.54, 1.807) is 17.4 Å². The largest absolute Gasteiger partial charge is 0.433 e. The van der Waals surface area contributed by atoms with Crippen molar-refractivity contribution in [3.05, 3.63) is 48.3 Å². The Morgan fingerprint density at radius 1 is 1.30 bits per heavy atom. The van der Waals surface area contributed by atoms with Gasteiger partial charge in [-0.1, -0.05) is 0 Å². The molecule has 0 N–H and O–H groups in total. The van der Waals surface area contributed by atoms with E-state index in [9.17, 15) is 18.0 Å². The molecule has 1 aliphatic rings. The zero-order valence-corrected chi connectivity index (χ0v) is 12.2. The third-order valence-corrected chi connectivity index (χ3v) is 3.93. The van der Waals surface area contributed by atoms with Crippen LogP contribution < -0.4 is 0 Å². The molecular weight excluding hydrogens is 309 g/mol. The molecular formula is C15H15F3N4O. The molecule has 1 fully saturated rings. The van der Waals surface area contributed by atoms with E-state index < -0.39 is 11.9 Å². The minimum Gasteiger partial charge on any atom is -0.337 e. The first kappa shape index (κ1) is 15.5. The van der Waals surface area contributed by atoms with E-state index in [1.165, 1.54) is 6.07 Å². The van der Waals surface area contributed by atoms with Gasteiger partial charge in [0.05, 0.1) is 17.9 Å². The average Bonchev–Trinajstić information content (AvgIpc) is 3.08. The topological polar surface area (TPSA) is 51.0 Å². The molecule has 5 nitrogen and oxygen atoms in total. The van der Waals surface area contributed by atoms with Crippen LogP contribution in [0.5, 0.6) is 0 Å². The molecule has 1 saturated heterocycles. The fourth-order valence-corrected chi connectivity index (χ4v) is 2.74. The van der Waals surface area contributed by atoms with Gasteiger partial charge < -0.3 is 9.47 Å². The molecule has 122 valence electrons. The van der Waals surface area contributed by atoms with Crippen molar-refractivity contribution in [2.24, 2.45) is 0 Å². The summed E-state index contributed by atoms with van der Waals surface area (Å²) < 4.78 is 39.5. The van der Waals surface area contributed by atoms with Gasteiger partial charge in [0.1, 0.15) is 5.69 Å². The van der Waals surface area contributed by atoms with E-state index >= 15 is 0 Å². The van der Waals surface area contributed by atoms with Crippen LogP contribution in [0.1, 0.15) is 34.9 Å². The highest BCUT2D eigenvalue weighted by Crippen LogP contribution is 2.28. The molecule has 0 spiro atoms. The standard InChI is InChI=1S/C15H15F3N4O/c16-15(17,18)13-4-3-11(8-20-13)14(23)21-6-1-2-12(9-21)22-7-5-19-10-22/h3-5,7-8,10,12H,1-2,6,9H2/t12-/m0/s1. The number of alkyl halides is 3. The Labute approximate surface area is 130 Å². The molecule has 3 rings (SSSR count). The second kappa shape index (κ2) is 6.02. The minimum atomic E-state index is -4.50. The fourth-order valence-electron chi connectivity index (χ4n) is 2.74. The van der Waals surface area contributed by atoms with Gasteiger partial charge in [-0.15, -0.1) is 0 Å². The number of nitrogens with zero attached hydrogens (tertiary/aromatic N) is 4. The molecule has 0 radical (unpaired) electrons. The van der Waals surface area contributed by atoms with E-state index in [0.29, 0.717) is 13.1 Å². The lowest BCUT2D eigenvalue weighted by atomic mass is 10.0. The molecule has 1 atom stereocenters. The average molecular weight is 324 g/mol. The SMILES string of the molecule is O=C(c1ccc(C(F)(F)F)nc1)N1CCC[C@H](n2ccnc2)C1. The lowest BCUT2D eigenvalue weighted by Crippen LogP contribution is -2.40. The van der Waals surface area contributed by atoms with Crippen molar-refractivity contribution in [3.63, 3.8) is 0 Å². The number of hydrogen-bond acceptors (Lipinski definition) is 3. The van der Waals surface area contributed by atoms with Crippen molar-refractivity contribution in [1.82, 2.24) is 19.4 Å². The smallest absolute Gasteiger partial charge is 0.337 e. The number of amides is 1. The summed E-state index contributed by atoms with van der Waals surface area (Å²) in [6.07, 6.45) is 3.50. The Bertz CT molecular complexity index is 667. The summed E-state index contributed by atoms with van der Waals surface area (Å²) in [7, 11) is 0. The molecule has 2 aromatic rings. The number of halogens is 3. The Morgan fingerprint density at radius 2 is 2.13 bits per heavy atom. The first-order valence-corrected chi connectivity index (χ1v) is 7.25. The second-order valence-corrected chi connectivity index (χ2v) is 5.49. The Kier molecular flexibility index (Phi) is 4.06. The maximum Gasteiger partial charge on any atom is 0.433 e. The van der Waals surface area contributed by atoms with Crippen LogP contribution in [0, 0.1) is 0 Å². The van der Waals surface area contributed by atoms with Gasteiger partial charge in [0.15, 0.2) is 0 Å². The van der Waals surface area contributed by atoms with E-state index in [2.05, 4.69) is 9.97 Å². The lowest BCUT2D eigenvalue weighted by Gasteiger charge is -2.33. The molecule has 1 aliphatic heterocycles. The normalized spacial score (nSPS) is 18.9. The number of carbonyl (C=O) groups excluding carboxylic acids is 1. The summed E-state index contributed by atoms with van der Waals surface area (Å²) in [5.74, 6) is -0.295. The number of imidazole rings is 1. The van der Waals surface area contributed by atoms with E-state index in [0.717, 1.165) is 25.1 Å². The predicted molar refractivity (Wildman–Crippen MR) is 75.6 cm³/mol. The van der Waals surface area contributed by atoms with Crippen LogP contribution >= 0.6 is 0 Å². The van der Waals surface area contributed by atoms with Crippen LogP contribution in [0.2, 0.25) is 0 Å². The van der Waals surface area contributed by atoms with Gasteiger partial charge >= 0.3 is 6.18 Å². The molecule has 1 amide bonds. The van der Waals surface area contributed by atoms with Gasteiger partial charge in [0.25, 0.3) is 5.91 Å². The van der Waals surface area contributed by atoms with Crippen molar-refractivity contribution in [2.75, 3.05) is 13.1 Å². The molecule has 0 unspecified atom stereocenters. The number of pyridine rings is 1. The maximum absolute atomic E-state index is 12.5. The first-order valence-electron chi connectivity index (χ1n) is 7.25. The summed E-state index contributed by atoms with van der Waals surface area (Å²) in [4.78, 5) is 21.5. The van der Waals surface area contributed by atoms with Crippen molar-refractivity contribution < 1.29 is 18.0 Å². The number of rotatable bonds is 2. The van der Waals surface area contributed by atoms with Crippen LogP contribution in [0.15, 0.2) is 37.1 Å². The monoisotopic (exact) mass is 324 g/mol. The number of likely N-dealkylation sites (tertiary alicyclic amines) is 1. The fraction of sp³-hybridized carbons (Fsp3) is 0.400. The lowest BCUT2D eigenvalue weighted by molar-refractivity contribution is -0.141. The zero-order valence-electron chi connectivity index (χ0n) is 12.2. The number of piperidine rings is 1. The molecule has 2 aromatic heterocycles. The Morgan fingerprint density at radius 3 is 2.74 bits per heavy atom. The molecule has 0 bridgehead atoms. The zero-order chi connectivity index (χ0) is 16.4. The predicted octanol–water partition coefficient (Wildman–Crippen LogP) is 2.77. The quantitative estimate of drug-likeness (QED) is 0.853. The van der Waals surface area contributed by atoms with Crippen molar-refractivity contribution >= 4 is 5.91 Å². The van der Waals surface area contributed by atoms with Crippen LogP contribution in [-0.2, 0) is 6.18 Å². The molecule has 0 saturated carbocycles. The van der Waals surface area contributed by atoms with Crippen molar-refractivity contribution in [3.8, 4) is 0 Å². The number of carbonyl (C=O) groups is 1. The second-order valence-electron chi connectivity index (χ2n) is 5.49. The van der Waals surface area contributed by atoms with E-state index in [-0.39, 0.29) is 17.5 Å². The number of aromatic nitrogens is 3. The van der Waals surface area contributed by atoms with Crippen LogP contribution in [-0.4, -0.2) is 38.4 Å². The highest BCUT2D eigenvalue weighted by atomic mass is 19.4. The third kappa shape index (κ3) is 3.35. The van der Waals surface area contributed by atoms with Crippen LogP contribution in [0.4, 0.5) is 13.2 Å². The highest BCUT2D eigenvalue weighted by Gasteiger charge is 2.32. The van der Waals surface area contributed by atoms with E-state index in [4.69, 9.17) is 0 Å². The molecule has 0 aromatic carbocycles. The van der Waals surface area contributed by atoms with Crippen LogP contribution in [0.25, 0.3) is 0 Å². The highest BCUT2D eigenvalue weighted by molar-refractivity contribution is 5.94. The van der Waals surface area contributed by atoms with E-state index in [1.807, 2.05) is 10.8 Å². The van der Waals surface area contributed by atoms with Gasteiger partial charge in [-0.25, -0.2) is 4.98 Å². The third-order valence-electron chi connectivity index (χ3n) is 3.93. The van der Waals surface area contributed by atoms with Gasteiger partial charge in [-0.3, -0.25) is 9.78 Å². The molecule has 23 heavy (non-hydrogen) atoms. The van der Waals surface area contributed by atoms with Gasteiger partial charge in [0, 0.05) is 31.7 Å². The molecule has 3 heterocycles. The summed E-state index contributed by atoms with van der Waals surface area (Å²) in [5, 5.41) is 0. The summed E-state index contributed by atoms with van der Waals surface area (Å²) in [6.45, 7) is 1.10. The van der Waals surface area contributed by atoms with Gasteiger partial charge in [-0.2, -0.15) is 13.2 Å². The summed E-state index contributed by atoms with van der Waals surface area (Å²) >= 11 is 0. The summed E-state index contributed by atoms with van der Waals surface area (Å²) in [5.41, 5.74) is -0.826. The Hall–Kier alpha value is -2.38. The summed E-state index contributed by atoms with van der Waals surface area (Å²) in [6, 6.07) is 2.15. The first-order chi connectivity index (χ1) is 10.9. The van der Waals surface area contributed by atoms with Gasteiger partial charge in [-0.05, 0) is 25.0 Å². The maximum atomic E-state index is 12.5. The minimum absolute atomic E-state index is 0.137. The van der Waals surface area contributed by atoms with Crippen LogP contribution in [0.3, 0.4) is 0 Å². The van der Waals surface area contributed by atoms with Crippen molar-refractivity contribution in [2.45, 2.75) is 25.1 Å². The Balaban J connectivity index is 1.72. The molecule has 0 aliphatic carbocycles. The van der Waals surface area contributed by atoms with Gasteiger partial charge in [0.2, 0.25) is 0 Å². The number of hydrogen-bond donors (Lipinski definition) is 0. The molecule has 8 heteroatoms.